The van der Waals surface area contributed by atoms with Crippen LogP contribution in [0.4, 0.5) is 0 Å². The van der Waals surface area contributed by atoms with Gasteiger partial charge in [0.2, 0.25) is 0 Å². The Kier molecular flexibility index (Phi) is 6.55. The Bertz CT molecular complexity index is 905. The van der Waals surface area contributed by atoms with Crippen LogP contribution in [-0.2, 0) is 13.2 Å². The van der Waals surface area contributed by atoms with Gasteiger partial charge in [-0.3, -0.25) is 4.90 Å². The first kappa shape index (κ1) is 19.6. The van der Waals surface area contributed by atoms with Crippen LogP contribution in [0, 0.1) is 0 Å². The zero-order valence-electron chi connectivity index (χ0n) is 16.5. The molecule has 1 fully saturated rings. The molecule has 0 unspecified atom stereocenters. The van der Waals surface area contributed by atoms with Gasteiger partial charge in [0.05, 0.1) is 0 Å². The maximum absolute atomic E-state index is 5.88. The van der Waals surface area contributed by atoms with Crippen molar-refractivity contribution in [3.63, 3.8) is 0 Å². The van der Waals surface area contributed by atoms with E-state index in [1.165, 1.54) is 11.1 Å². The highest BCUT2D eigenvalue weighted by Gasteiger charge is 2.19. The topological polar surface area (TPSA) is 15.7 Å². The molecule has 1 aliphatic heterocycles. The minimum atomic E-state index is 0.577. The van der Waals surface area contributed by atoms with Gasteiger partial charge in [-0.2, -0.15) is 0 Å². The van der Waals surface area contributed by atoms with Crippen LogP contribution in [0.2, 0.25) is 0 Å². The van der Waals surface area contributed by atoms with Gasteiger partial charge in [-0.25, -0.2) is 0 Å². The Labute approximate surface area is 178 Å². The summed E-state index contributed by atoms with van der Waals surface area (Å²) in [5.41, 5.74) is 3.62. The van der Waals surface area contributed by atoms with Crippen molar-refractivity contribution in [2.45, 2.75) is 13.2 Å². The molecule has 1 aliphatic rings. The van der Waals surface area contributed by atoms with Crippen molar-refractivity contribution in [3.8, 4) is 5.75 Å². The second-order valence-electron chi connectivity index (χ2n) is 7.35. The minimum Gasteiger partial charge on any atom is -0.489 e. The van der Waals surface area contributed by atoms with Crippen LogP contribution < -0.4 is 4.74 Å². The zero-order valence-corrected chi connectivity index (χ0v) is 17.4. The van der Waals surface area contributed by atoms with E-state index >= 15 is 0 Å². The summed E-state index contributed by atoms with van der Waals surface area (Å²) in [5, 5.41) is 0. The van der Waals surface area contributed by atoms with E-state index in [-0.39, 0.29) is 0 Å². The van der Waals surface area contributed by atoms with Crippen LogP contribution in [-0.4, -0.2) is 41.0 Å². The van der Waals surface area contributed by atoms with E-state index in [4.69, 9.17) is 17.0 Å². The molecule has 4 heteroatoms. The van der Waals surface area contributed by atoms with Crippen LogP contribution in [0.1, 0.15) is 16.7 Å². The first-order valence-corrected chi connectivity index (χ1v) is 10.5. The highest BCUT2D eigenvalue weighted by molar-refractivity contribution is 7.80. The van der Waals surface area contributed by atoms with Crippen molar-refractivity contribution in [1.82, 2.24) is 9.80 Å². The molecule has 3 nitrogen and oxygen atoms in total. The lowest BCUT2D eigenvalue weighted by molar-refractivity contribution is 0.177. The molecule has 1 saturated heterocycles. The van der Waals surface area contributed by atoms with Gasteiger partial charge in [0.25, 0.3) is 0 Å². The molecule has 0 N–H and O–H groups in total. The molecule has 1 heterocycles. The Morgan fingerprint density at radius 3 is 1.93 bits per heavy atom. The predicted molar refractivity (Wildman–Crippen MR) is 122 cm³/mol. The van der Waals surface area contributed by atoms with Crippen LogP contribution in [0.15, 0.2) is 84.9 Å². The van der Waals surface area contributed by atoms with E-state index in [1.807, 2.05) is 30.3 Å². The van der Waals surface area contributed by atoms with E-state index in [9.17, 15) is 0 Å². The smallest absolute Gasteiger partial charge is 0.119 e. The number of piperazine rings is 1. The summed E-state index contributed by atoms with van der Waals surface area (Å²) < 4.78 is 5.88. The van der Waals surface area contributed by atoms with E-state index in [2.05, 4.69) is 64.4 Å². The normalized spacial score (nSPS) is 14.6. The molecule has 3 aromatic carbocycles. The number of ether oxygens (including phenoxy) is 1. The van der Waals surface area contributed by atoms with Gasteiger partial charge in [-0.05, 0) is 35.4 Å². The third-order valence-electron chi connectivity index (χ3n) is 5.26. The Morgan fingerprint density at radius 2 is 1.31 bits per heavy atom. The Morgan fingerprint density at radius 1 is 0.724 bits per heavy atom. The summed E-state index contributed by atoms with van der Waals surface area (Å²) in [6.07, 6.45) is 0. The highest BCUT2D eigenvalue weighted by atomic mass is 32.1. The molecule has 0 saturated carbocycles. The lowest BCUT2D eigenvalue weighted by atomic mass is 10.1. The van der Waals surface area contributed by atoms with Crippen LogP contribution in [0.5, 0.6) is 5.75 Å². The summed E-state index contributed by atoms with van der Waals surface area (Å²) in [6.45, 7) is 5.60. The predicted octanol–water partition coefficient (Wildman–Crippen LogP) is 4.76. The number of hydrogen-bond donors (Lipinski definition) is 0. The fraction of sp³-hybridized carbons (Fsp3) is 0.240. The molecule has 3 aromatic rings. The summed E-state index contributed by atoms with van der Waals surface area (Å²) in [5.74, 6) is 0.869. The number of rotatable bonds is 6. The van der Waals surface area contributed by atoms with Crippen molar-refractivity contribution in [3.05, 3.63) is 102 Å². The number of thiocarbonyl (C=S) groups is 1. The lowest BCUT2D eigenvalue weighted by Crippen LogP contribution is -2.47. The van der Waals surface area contributed by atoms with E-state index in [1.54, 1.807) is 0 Å². The van der Waals surface area contributed by atoms with Gasteiger partial charge in [-0.15, -0.1) is 0 Å². The number of benzene rings is 3. The van der Waals surface area contributed by atoms with Crippen molar-refractivity contribution in [1.29, 1.82) is 0 Å². The molecule has 0 aliphatic carbocycles. The Hall–Kier alpha value is -2.69. The average Bonchev–Trinajstić information content (AvgIpc) is 2.79. The van der Waals surface area contributed by atoms with E-state index < -0.39 is 0 Å². The van der Waals surface area contributed by atoms with Gasteiger partial charge < -0.3 is 9.64 Å². The molecule has 4 rings (SSSR count). The molecule has 0 amide bonds. The number of nitrogens with zero attached hydrogens (tertiary/aromatic N) is 2. The zero-order chi connectivity index (χ0) is 19.9. The molecular formula is C25H26N2OS. The lowest BCUT2D eigenvalue weighted by Gasteiger charge is -2.36. The summed E-state index contributed by atoms with van der Waals surface area (Å²) in [4.78, 5) is 5.74. The maximum atomic E-state index is 5.88. The quantitative estimate of drug-likeness (QED) is 0.552. The highest BCUT2D eigenvalue weighted by Crippen LogP contribution is 2.17. The average molecular weight is 403 g/mol. The molecule has 0 atom stereocenters. The summed E-state index contributed by atoms with van der Waals surface area (Å²) in [6, 6.07) is 29.0. The minimum absolute atomic E-state index is 0.577. The van der Waals surface area contributed by atoms with Crippen molar-refractivity contribution in [2.24, 2.45) is 0 Å². The molecule has 0 radical (unpaired) electrons. The summed E-state index contributed by atoms with van der Waals surface area (Å²) >= 11 is 5.76. The molecular weight excluding hydrogens is 376 g/mol. The molecule has 148 valence electrons. The van der Waals surface area contributed by atoms with Crippen LogP contribution in [0.3, 0.4) is 0 Å². The molecule has 0 spiro atoms. The monoisotopic (exact) mass is 402 g/mol. The maximum Gasteiger partial charge on any atom is 0.119 e. The van der Waals surface area contributed by atoms with E-state index in [0.29, 0.717) is 6.61 Å². The Balaban J connectivity index is 1.27. The first-order valence-electron chi connectivity index (χ1n) is 10.1. The standard InChI is InChI=1S/C25H26N2OS/c29-25(27-17-15-26(16-18-27)19-21-7-3-1-4-8-21)23-11-13-24(14-12-23)28-20-22-9-5-2-6-10-22/h1-14H,15-20H2. The second-order valence-corrected chi connectivity index (χ2v) is 7.74. The van der Waals surface area contributed by atoms with Crippen molar-refractivity contribution in [2.75, 3.05) is 26.2 Å². The van der Waals surface area contributed by atoms with Gasteiger partial charge >= 0.3 is 0 Å². The molecule has 0 aromatic heterocycles. The molecule has 0 bridgehead atoms. The van der Waals surface area contributed by atoms with Crippen LogP contribution in [0.25, 0.3) is 0 Å². The second kappa shape index (κ2) is 9.68. The van der Waals surface area contributed by atoms with Gasteiger partial charge in [-0.1, -0.05) is 72.9 Å². The SMILES string of the molecule is S=C(c1ccc(OCc2ccccc2)cc1)N1CCN(Cc2ccccc2)CC1. The third kappa shape index (κ3) is 5.43. The largest absolute Gasteiger partial charge is 0.489 e. The first-order chi connectivity index (χ1) is 14.3. The summed E-state index contributed by atoms with van der Waals surface area (Å²) in [7, 11) is 0. The number of hydrogen-bond acceptors (Lipinski definition) is 3. The molecule has 29 heavy (non-hydrogen) atoms. The van der Waals surface area contributed by atoms with Crippen molar-refractivity contribution < 1.29 is 4.74 Å². The van der Waals surface area contributed by atoms with Gasteiger partial charge in [0.15, 0.2) is 0 Å². The van der Waals surface area contributed by atoms with Gasteiger partial charge in [0, 0.05) is 38.3 Å². The van der Waals surface area contributed by atoms with Gasteiger partial charge in [0.1, 0.15) is 17.3 Å². The third-order valence-corrected chi connectivity index (χ3v) is 5.75. The van der Waals surface area contributed by atoms with Crippen LogP contribution >= 0.6 is 12.2 Å². The fourth-order valence-electron chi connectivity index (χ4n) is 3.57. The fourth-order valence-corrected chi connectivity index (χ4v) is 3.89. The van der Waals surface area contributed by atoms with Crippen molar-refractivity contribution >= 4 is 17.2 Å². The van der Waals surface area contributed by atoms with E-state index in [0.717, 1.165) is 49.0 Å².